The minimum absolute atomic E-state index is 0.334. The zero-order valence-electron chi connectivity index (χ0n) is 11.8. The van der Waals surface area contributed by atoms with E-state index in [1.54, 1.807) is 24.5 Å². The van der Waals surface area contributed by atoms with Gasteiger partial charge in [-0.15, -0.1) is 0 Å². The van der Waals surface area contributed by atoms with Crippen molar-refractivity contribution in [2.24, 2.45) is 0 Å². The van der Waals surface area contributed by atoms with Crippen LogP contribution in [0.15, 0.2) is 59.2 Å². The number of nitrogens with one attached hydrogen (secondary N) is 1. The predicted molar refractivity (Wildman–Crippen MR) is 84.8 cm³/mol. The summed E-state index contributed by atoms with van der Waals surface area (Å²) in [6.07, 6.45) is 1.54. The van der Waals surface area contributed by atoms with E-state index < -0.39 is 0 Å². The average Bonchev–Trinajstić information content (AvgIpc) is 3.07. The molecule has 0 saturated carbocycles. The largest absolute Gasteiger partial charge is 0.463 e. The molecule has 0 aliphatic carbocycles. The fourth-order valence-electron chi connectivity index (χ4n) is 2.20. The van der Waals surface area contributed by atoms with Gasteiger partial charge in [0, 0.05) is 12.6 Å². The van der Waals surface area contributed by atoms with Crippen LogP contribution in [-0.2, 0) is 6.54 Å². The lowest BCUT2D eigenvalue weighted by Crippen LogP contribution is -2.05. The molecule has 0 unspecified atom stereocenters. The van der Waals surface area contributed by atoms with Crippen LogP contribution in [0.3, 0.4) is 0 Å². The van der Waals surface area contributed by atoms with Crippen molar-refractivity contribution in [2.75, 3.05) is 11.1 Å². The molecule has 2 aromatic heterocycles. The number of nitrogen functional groups attached to an aromatic ring is 1. The van der Waals surface area contributed by atoms with Gasteiger partial charge in [-0.05, 0) is 17.7 Å². The molecule has 0 fully saturated rings. The van der Waals surface area contributed by atoms with E-state index in [2.05, 4.69) is 16.4 Å². The van der Waals surface area contributed by atoms with Crippen molar-refractivity contribution >= 4 is 11.5 Å². The highest BCUT2D eigenvalue weighted by molar-refractivity contribution is 5.74. The molecule has 108 valence electrons. The number of nitrogens with two attached hydrogens (primary N) is 1. The second kappa shape index (κ2) is 6.02. The Bertz CT molecular complexity index is 805. The van der Waals surface area contributed by atoms with E-state index in [-0.39, 0.29) is 0 Å². The number of hydrogen-bond donors (Lipinski definition) is 2. The van der Waals surface area contributed by atoms with Gasteiger partial charge in [0.2, 0.25) is 0 Å². The Kier molecular flexibility index (Phi) is 3.75. The fourth-order valence-corrected chi connectivity index (χ4v) is 2.20. The van der Waals surface area contributed by atoms with Crippen LogP contribution in [0.4, 0.5) is 11.5 Å². The first-order chi connectivity index (χ1) is 10.8. The van der Waals surface area contributed by atoms with Crippen LogP contribution in [0.1, 0.15) is 11.1 Å². The molecule has 1 aromatic carbocycles. The topological polar surface area (TPSA) is 87.9 Å². The van der Waals surface area contributed by atoms with Crippen LogP contribution < -0.4 is 11.1 Å². The molecule has 0 saturated heterocycles. The van der Waals surface area contributed by atoms with Crippen LogP contribution in [0, 0.1) is 11.3 Å². The second-order valence-corrected chi connectivity index (χ2v) is 4.75. The molecule has 0 atom stereocenters. The van der Waals surface area contributed by atoms with E-state index in [0.717, 1.165) is 5.56 Å². The molecule has 22 heavy (non-hydrogen) atoms. The summed E-state index contributed by atoms with van der Waals surface area (Å²) in [6, 6.07) is 17.3. The number of benzene rings is 1. The van der Waals surface area contributed by atoms with E-state index in [0.29, 0.717) is 35.1 Å². The number of hydrogen-bond acceptors (Lipinski definition) is 5. The van der Waals surface area contributed by atoms with Gasteiger partial charge in [-0.3, -0.25) is 0 Å². The summed E-state index contributed by atoms with van der Waals surface area (Å²) in [5.74, 6) is 0.854. The lowest BCUT2D eigenvalue weighted by molar-refractivity contribution is 0.580. The van der Waals surface area contributed by atoms with Crippen molar-refractivity contribution in [3.63, 3.8) is 0 Å². The van der Waals surface area contributed by atoms with E-state index in [1.165, 1.54) is 0 Å². The molecule has 2 heterocycles. The standard InChI is InChI=1S/C17H14N4O/c18-10-13-14(20-11-12-5-2-1-3-6-12)9-16(19)21-17(13)15-7-4-8-22-15/h1-9H,11H2,(H3,19,20,21). The van der Waals surface area contributed by atoms with Gasteiger partial charge in [0.1, 0.15) is 23.1 Å². The third-order valence-corrected chi connectivity index (χ3v) is 3.23. The molecule has 0 aliphatic heterocycles. The van der Waals surface area contributed by atoms with Gasteiger partial charge < -0.3 is 15.5 Å². The summed E-state index contributed by atoms with van der Waals surface area (Å²) in [5, 5.41) is 12.7. The molecule has 3 N–H and O–H groups in total. The molecular weight excluding hydrogens is 276 g/mol. The minimum Gasteiger partial charge on any atom is -0.463 e. The quantitative estimate of drug-likeness (QED) is 0.768. The lowest BCUT2D eigenvalue weighted by atomic mass is 10.1. The maximum Gasteiger partial charge on any atom is 0.153 e. The number of furan rings is 1. The lowest BCUT2D eigenvalue weighted by Gasteiger charge is -2.11. The Balaban J connectivity index is 1.96. The molecule has 0 aliphatic rings. The zero-order chi connectivity index (χ0) is 15.4. The van der Waals surface area contributed by atoms with E-state index in [9.17, 15) is 5.26 Å². The van der Waals surface area contributed by atoms with E-state index in [1.807, 2.05) is 30.3 Å². The monoisotopic (exact) mass is 290 g/mol. The Morgan fingerprint density at radius 3 is 2.68 bits per heavy atom. The van der Waals surface area contributed by atoms with Gasteiger partial charge in [0.15, 0.2) is 5.76 Å². The maximum absolute atomic E-state index is 9.47. The van der Waals surface area contributed by atoms with Gasteiger partial charge in [0.25, 0.3) is 0 Å². The van der Waals surface area contributed by atoms with Crippen molar-refractivity contribution in [3.8, 4) is 17.5 Å². The van der Waals surface area contributed by atoms with Crippen molar-refractivity contribution < 1.29 is 4.42 Å². The number of anilines is 2. The minimum atomic E-state index is 0.334. The first kappa shape index (κ1) is 13.7. The molecule has 0 amide bonds. The third-order valence-electron chi connectivity index (χ3n) is 3.23. The number of nitriles is 1. The van der Waals surface area contributed by atoms with E-state index >= 15 is 0 Å². The highest BCUT2D eigenvalue weighted by Gasteiger charge is 2.15. The van der Waals surface area contributed by atoms with Gasteiger partial charge in [-0.25, -0.2) is 4.98 Å². The summed E-state index contributed by atoms with van der Waals surface area (Å²) in [4.78, 5) is 4.22. The molecule has 3 rings (SSSR count). The van der Waals surface area contributed by atoms with Gasteiger partial charge in [0.05, 0.1) is 12.0 Å². The fraction of sp³-hybridized carbons (Fsp3) is 0.0588. The number of rotatable bonds is 4. The first-order valence-corrected chi connectivity index (χ1v) is 6.80. The Morgan fingerprint density at radius 2 is 2.00 bits per heavy atom. The molecule has 0 spiro atoms. The molecule has 0 bridgehead atoms. The Morgan fingerprint density at radius 1 is 1.18 bits per heavy atom. The number of aromatic nitrogens is 1. The summed E-state index contributed by atoms with van der Waals surface area (Å²) in [6.45, 7) is 0.594. The second-order valence-electron chi connectivity index (χ2n) is 4.75. The molecule has 5 heteroatoms. The number of pyridine rings is 1. The Hall–Kier alpha value is -3.26. The third kappa shape index (κ3) is 2.76. The van der Waals surface area contributed by atoms with Crippen LogP contribution in [0.5, 0.6) is 0 Å². The van der Waals surface area contributed by atoms with Crippen molar-refractivity contribution in [1.29, 1.82) is 5.26 Å². The Labute approximate surface area is 128 Å². The van der Waals surface area contributed by atoms with Gasteiger partial charge >= 0.3 is 0 Å². The normalized spacial score (nSPS) is 10.1. The van der Waals surface area contributed by atoms with Crippen LogP contribution >= 0.6 is 0 Å². The summed E-state index contributed by atoms with van der Waals surface area (Å²) < 4.78 is 5.34. The van der Waals surface area contributed by atoms with Crippen molar-refractivity contribution in [2.45, 2.75) is 6.54 Å². The van der Waals surface area contributed by atoms with Crippen molar-refractivity contribution in [3.05, 3.63) is 65.9 Å². The van der Waals surface area contributed by atoms with Crippen molar-refractivity contribution in [1.82, 2.24) is 4.98 Å². The van der Waals surface area contributed by atoms with Crippen LogP contribution in [-0.4, -0.2) is 4.98 Å². The number of nitrogens with zero attached hydrogens (tertiary/aromatic N) is 2. The molecule has 5 nitrogen and oxygen atoms in total. The van der Waals surface area contributed by atoms with Gasteiger partial charge in [-0.2, -0.15) is 5.26 Å². The van der Waals surface area contributed by atoms with E-state index in [4.69, 9.17) is 10.2 Å². The molecule has 3 aromatic rings. The maximum atomic E-state index is 9.47. The summed E-state index contributed by atoms with van der Waals surface area (Å²) >= 11 is 0. The molecular formula is C17H14N4O. The molecule has 0 radical (unpaired) electrons. The van der Waals surface area contributed by atoms with Crippen LogP contribution in [0.25, 0.3) is 11.5 Å². The highest BCUT2D eigenvalue weighted by atomic mass is 16.3. The smallest absolute Gasteiger partial charge is 0.153 e. The summed E-state index contributed by atoms with van der Waals surface area (Å²) in [5.41, 5.74) is 8.48. The van der Waals surface area contributed by atoms with Crippen LogP contribution in [0.2, 0.25) is 0 Å². The highest BCUT2D eigenvalue weighted by Crippen LogP contribution is 2.29. The zero-order valence-corrected chi connectivity index (χ0v) is 11.8. The van der Waals surface area contributed by atoms with Gasteiger partial charge in [-0.1, -0.05) is 30.3 Å². The average molecular weight is 290 g/mol. The first-order valence-electron chi connectivity index (χ1n) is 6.80. The predicted octanol–water partition coefficient (Wildman–Crippen LogP) is 3.41. The SMILES string of the molecule is N#Cc1c(NCc2ccccc2)cc(N)nc1-c1ccco1. The summed E-state index contributed by atoms with van der Waals surface area (Å²) in [7, 11) is 0.